The molecule has 2 rings (SSSR count). The lowest BCUT2D eigenvalue weighted by Gasteiger charge is -2.24. The smallest absolute Gasteiger partial charge is 0.131 e. The molecule has 0 aliphatic carbocycles. The highest BCUT2D eigenvalue weighted by molar-refractivity contribution is 5.71. The number of halogens is 1. The number of ether oxygens (including phenoxy) is 1. The van der Waals surface area contributed by atoms with E-state index in [0.717, 1.165) is 16.7 Å². The highest BCUT2D eigenvalue weighted by Gasteiger charge is 2.21. The van der Waals surface area contributed by atoms with Crippen LogP contribution >= 0.6 is 0 Å². The van der Waals surface area contributed by atoms with Gasteiger partial charge in [-0.15, -0.1) is 0 Å². The molecule has 0 saturated heterocycles. The van der Waals surface area contributed by atoms with Gasteiger partial charge in [-0.25, -0.2) is 4.39 Å². The van der Waals surface area contributed by atoms with Crippen molar-refractivity contribution in [2.75, 3.05) is 7.11 Å². The highest BCUT2D eigenvalue weighted by Crippen LogP contribution is 2.36. The monoisotopic (exact) mass is 288 g/mol. The molecule has 0 amide bonds. The highest BCUT2D eigenvalue weighted by atomic mass is 19.1. The van der Waals surface area contributed by atoms with Gasteiger partial charge in [0.15, 0.2) is 0 Å². The lowest BCUT2D eigenvalue weighted by molar-refractivity contribution is 0.282. The molecule has 2 aromatic rings. The van der Waals surface area contributed by atoms with E-state index in [9.17, 15) is 9.50 Å². The predicted molar refractivity (Wildman–Crippen MR) is 83.0 cm³/mol. The fraction of sp³-hybridized carbons (Fsp3) is 0.333. The number of hydrogen-bond acceptors (Lipinski definition) is 2. The lowest BCUT2D eigenvalue weighted by Crippen LogP contribution is -2.13. The minimum Gasteiger partial charge on any atom is -0.497 e. The van der Waals surface area contributed by atoms with Gasteiger partial charge in [0, 0.05) is 5.56 Å². The molecule has 0 aromatic heterocycles. The summed E-state index contributed by atoms with van der Waals surface area (Å²) in [6.45, 7) is 6.19. The summed E-state index contributed by atoms with van der Waals surface area (Å²) < 4.78 is 19.5. The second-order valence-corrected chi connectivity index (χ2v) is 6.13. The maximum Gasteiger partial charge on any atom is 0.131 e. The van der Waals surface area contributed by atoms with E-state index in [0.29, 0.717) is 11.3 Å². The molecule has 21 heavy (non-hydrogen) atoms. The fourth-order valence-corrected chi connectivity index (χ4v) is 2.40. The first-order chi connectivity index (χ1) is 9.86. The first-order valence-electron chi connectivity index (χ1n) is 6.95. The number of aliphatic hydroxyl groups excluding tert-OH is 1. The van der Waals surface area contributed by atoms with Crippen molar-refractivity contribution in [3.63, 3.8) is 0 Å². The van der Waals surface area contributed by atoms with Gasteiger partial charge in [0.05, 0.1) is 13.7 Å². The molecule has 0 aliphatic rings. The van der Waals surface area contributed by atoms with Gasteiger partial charge in [0.2, 0.25) is 0 Å². The van der Waals surface area contributed by atoms with E-state index in [4.69, 9.17) is 4.74 Å². The molecule has 0 heterocycles. The molecule has 0 aliphatic heterocycles. The van der Waals surface area contributed by atoms with Gasteiger partial charge in [-0.2, -0.15) is 0 Å². The normalized spacial score (nSPS) is 11.5. The summed E-state index contributed by atoms with van der Waals surface area (Å²) in [5.74, 6) is 0.317. The summed E-state index contributed by atoms with van der Waals surface area (Å²) in [6.07, 6.45) is 0. The van der Waals surface area contributed by atoms with Crippen LogP contribution < -0.4 is 4.74 Å². The quantitative estimate of drug-likeness (QED) is 0.913. The Morgan fingerprint density at radius 2 is 1.76 bits per heavy atom. The molecule has 1 N–H and O–H groups in total. The summed E-state index contributed by atoms with van der Waals surface area (Å²) in [6, 6.07) is 10.4. The SMILES string of the molecule is COc1ccc(F)c(-c2cc(CO)ccc2C(C)(C)C)c1. The molecule has 0 spiro atoms. The number of methoxy groups -OCH3 is 1. The molecular weight excluding hydrogens is 267 g/mol. The third-order valence-corrected chi connectivity index (χ3v) is 3.54. The first-order valence-corrected chi connectivity index (χ1v) is 6.95. The Hall–Kier alpha value is -1.87. The van der Waals surface area contributed by atoms with E-state index in [-0.39, 0.29) is 17.8 Å². The fourth-order valence-electron chi connectivity index (χ4n) is 2.40. The molecule has 112 valence electrons. The van der Waals surface area contributed by atoms with Gasteiger partial charge >= 0.3 is 0 Å². The Kier molecular flexibility index (Phi) is 4.33. The number of aliphatic hydroxyl groups is 1. The number of rotatable bonds is 3. The Bertz CT molecular complexity index is 642. The predicted octanol–water partition coefficient (Wildman–Crippen LogP) is 4.29. The van der Waals surface area contributed by atoms with Crippen LogP contribution in [0.1, 0.15) is 31.9 Å². The standard InChI is InChI=1S/C18H21FO2/c1-18(2,3)16-7-5-12(11-20)9-14(16)15-10-13(21-4)6-8-17(15)19/h5-10,20H,11H2,1-4H3. The van der Waals surface area contributed by atoms with E-state index in [1.54, 1.807) is 19.2 Å². The van der Waals surface area contributed by atoms with Gasteiger partial charge in [-0.1, -0.05) is 32.9 Å². The van der Waals surface area contributed by atoms with Crippen molar-refractivity contribution in [3.8, 4) is 16.9 Å². The largest absolute Gasteiger partial charge is 0.497 e. The summed E-state index contributed by atoms with van der Waals surface area (Å²) in [5.41, 5.74) is 2.96. The van der Waals surface area contributed by atoms with Crippen LogP contribution in [-0.2, 0) is 12.0 Å². The average molecular weight is 288 g/mol. The molecule has 3 heteroatoms. The van der Waals surface area contributed by atoms with Crippen molar-refractivity contribution in [2.45, 2.75) is 32.8 Å². The third kappa shape index (κ3) is 3.24. The third-order valence-electron chi connectivity index (χ3n) is 3.54. The van der Waals surface area contributed by atoms with Crippen LogP contribution in [0.3, 0.4) is 0 Å². The minimum absolute atomic E-state index is 0.0665. The molecule has 0 fully saturated rings. The zero-order valence-corrected chi connectivity index (χ0v) is 12.9. The van der Waals surface area contributed by atoms with Crippen molar-refractivity contribution < 1.29 is 14.2 Å². The molecule has 0 radical (unpaired) electrons. The van der Waals surface area contributed by atoms with Crippen LogP contribution in [0, 0.1) is 5.82 Å². The van der Waals surface area contributed by atoms with Crippen LogP contribution in [0.4, 0.5) is 4.39 Å². The topological polar surface area (TPSA) is 29.5 Å². The molecule has 0 bridgehead atoms. The van der Waals surface area contributed by atoms with E-state index in [1.165, 1.54) is 6.07 Å². The van der Waals surface area contributed by atoms with Crippen molar-refractivity contribution in [1.29, 1.82) is 0 Å². The minimum atomic E-state index is -0.295. The zero-order valence-electron chi connectivity index (χ0n) is 12.9. The van der Waals surface area contributed by atoms with Crippen LogP contribution in [0.25, 0.3) is 11.1 Å². The van der Waals surface area contributed by atoms with Crippen molar-refractivity contribution >= 4 is 0 Å². The van der Waals surface area contributed by atoms with Gasteiger partial charge < -0.3 is 9.84 Å². The molecule has 0 saturated carbocycles. The van der Waals surface area contributed by atoms with Gasteiger partial charge in [0.1, 0.15) is 11.6 Å². The molecule has 2 aromatic carbocycles. The van der Waals surface area contributed by atoms with E-state index < -0.39 is 0 Å². The van der Waals surface area contributed by atoms with Crippen molar-refractivity contribution in [2.24, 2.45) is 0 Å². The summed E-state index contributed by atoms with van der Waals surface area (Å²) in [7, 11) is 1.56. The summed E-state index contributed by atoms with van der Waals surface area (Å²) >= 11 is 0. The number of benzene rings is 2. The van der Waals surface area contributed by atoms with E-state index in [2.05, 4.69) is 20.8 Å². The maximum absolute atomic E-state index is 14.3. The average Bonchev–Trinajstić information content (AvgIpc) is 2.46. The van der Waals surface area contributed by atoms with Crippen LogP contribution in [0.5, 0.6) is 5.75 Å². The Morgan fingerprint density at radius 3 is 2.33 bits per heavy atom. The van der Waals surface area contributed by atoms with Crippen LogP contribution in [-0.4, -0.2) is 12.2 Å². The van der Waals surface area contributed by atoms with Crippen LogP contribution in [0.15, 0.2) is 36.4 Å². The summed E-state index contributed by atoms with van der Waals surface area (Å²) in [4.78, 5) is 0. The maximum atomic E-state index is 14.3. The second kappa shape index (κ2) is 5.86. The van der Waals surface area contributed by atoms with E-state index in [1.807, 2.05) is 18.2 Å². The Balaban J connectivity index is 2.71. The molecule has 2 nitrogen and oxygen atoms in total. The Morgan fingerprint density at radius 1 is 1.05 bits per heavy atom. The van der Waals surface area contributed by atoms with Crippen LogP contribution in [0.2, 0.25) is 0 Å². The van der Waals surface area contributed by atoms with Gasteiger partial charge in [-0.05, 0) is 46.4 Å². The van der Waals surface area contributed by atoms with Gasteiger partial charge in [0.25, 0.3) is 0 Å². The van der Waals surface area contributed by atoms with Crippen molar-refractivity contribution in [3.05, 3.63) is 53.3 Å². The lowest BCUT2D eigenvalue weighted by atomic mass is 9.81. The first kappa shape index (κ1) is 15.5. The summed E-state index contributed by atoms with van der Waals surface area (Å²) in [5, 5.41) is 9.35. The van der Waals surface area contributed by atoms with Crippen molar-refractivity contribution in [1.82, 2.24) is 0 Å². The molecule has 0 atom stereocenters. The van der Waals surface area contributed by atoms with Gasteiger partial charge in [-0.3, -0.25) is 0 Å². The Labute approximate surface area is 125 Å². The second-order valence-electron chi connectivity index (χ2n) is 6.13. The number of hydrogen-bond donors (Lipinski definition) is 1. The molecule has 0 unspecified atom stereocenters. The zero-order chi connectivity index (χ0) is 15.6. The van der Waals surface area contributed by atoms with E-state index >= 15 is 0 Å². The molecular formula is C18H21FO2.